The molecule has 1 saturated heterocycles. The average molecular weight is 375 g/mol. The summed E-state index contributed by atoms with van der Waals surface area (Å²) < 4.78 is 0. The standard InChI is InChI=1S/C23H25N3O2/c1-24-23(28)18-12-16(13-25-14-18)10-11-22(27)26-15-20(17-6-3-2-4-7-17)19-8-5-9-21(19)26/h2-4,6-7,10-14,19-21H,5,8-9,15H2,1H3,(H,24,28)/b11-10+. The second-order valence-corrected chi connectivity index (χ2v) is 7.59. The summed E-state index contributed by atoms with van der Waals surface area (Å²) in [6, 6.07) is 12.6. The normalized spacial score (nSPS) is 23.8. The predicted molar refractivity (Wildman–Crippen MR) is 109 cm³/mol. The zero-order chi connectivity index (χ0) is 19.5. The maximum absolute atomic E-state index is 13.0. The summed E-state index contributed by atoms with van der Waals surface area (Å²) in [7, 11) is 1.59. The number of aromatic nitrogens is 1. The van der Waals surface area contributed by atoms with Crippen LogP contribution in [0.25, 0.3) is 6.08 Å². The first-order chi connectivity index (χ1) is 13.7. The lowest BCUT2D eigenvalue weighted by molar-refractivity contribution is -0.126. The minimum Gasteiger partial charge on any atom is -0.355 e. The van der Waals surface area contributed by atoms with Gasteiger partial charge in [0.15, 0.2) is 0 Å². The van der Waals surface area contributed by atoms with Crippen molar-refractivity contribution < 1.29 is 9.59 Å². The molecule has 1 aliphatic carbocycles. The number of hydrogen-bond acceptors (Lipinski definition) is 3. The molecule has 1 aromatic heterocycles. The number of carbonyl (C=O) groups is 2. The van der Waals surface area contributed by atoms with Gasteiger partial charge in [0.25, 0.3) is 5.91 Å². The Labute approximate surface area is 165 Å². The fourth-order valence-corrected chi connectivity index (χ4v) is 4.70. The fraction of sp³-hybridized carbons (Fsp3) is 0.348. The van der Waals surface area contributed by atoms with Gasteiger partial charge in [-0.2, -0.15) is 0 Å². The molecule has 1 N–H and O–H groups in total. The number of likely N-dealkylation sites (tertiary alicyclic amines) is 1. The van der Waals surface area contributed by atoms with E-state index in [1.807, 2.05) is 11.0 Å². The molecule has 0 bridgehead atoms. The van der Waals surface area contributed by atoms with Crippen LogP contribution in [0.4, 0.5) is 0 Å². The van der Waals surface area contributed by atoms with Crippen LogP contribution in [0, 0.1) is 5.92 Å². The third kappa shape index (κ3) is 3.57. The van der Waals surface area contributed by atoms with Gasteiger partial charge in [-0.1, -0.05) is 36.8 Å². The molecule has 4 rings (SSSR count). The van der Waals surface area contributed by atoms with Crippen LogP contribution in [0.2, 0.25) is 0 Å². The number of nitrogens with zero attached hydrogens (tertiary/aromatic N) is 2. The second-order valence-electron chi connectivity index (χ2n) is 7.59. The SMILES string of the molecule is CNC(=O)c1cncc(/C=C/C(=O)N2CC(c3ccccc3)C3CCCC32)c1. The molecule has 1 aliphatic heterocycles. The minimum absolute atomic E-state index is 0.0423. The summed E-state index contributed by atoms with van der Waals surface area (Å²) in [6.45, 7) is 0.777. The van der Waals surface area contributed by atoms with E-state index in [4.69, 9.17) is 0 Å². The highest BCUT2D eigenvalue weighted by molar-refractivity contribution is 5.95. The van der Waals surface area contributed by atoms with Crippen LogP contribution in [0.5, 0.6) is 0 Å². The Bertz CT molecular complexity index is 894. The maximum atomic E-state index is 13.0. The van der Waals surface area contributed by atoms with Crippen LogP contribution in [-0.4, -0.2) is 41.3 Å². The van der Waals surface area contributed by atoms with E-state index < -0.39 is 0 Å². The number of hydrogen-bond donors (Lipinski definition) is 1. The highest BCUT2D eigenvalue weighted by Crippen LogP contribution is 2.46. The van der Waals surface area contributed by atoms with Gasteiger partial charge in [0, 0.05) is 44.0 Å². The Balaban J connectivity index is 1.50. The largest absolute Gasteiger partial charge is 0.355 e. The molecule has 3 atom stereocenters. The maximum Gasteiger partial charge on any atom is 0.252 e. The van der Waals surface area contributed by atoms with Crippen molar-refractivity contribution in [3.05, 3.63) is 71.6 Å². The van der Waals surface area contributed by atoms with Crippen LogP contribution >= 0.6 is 0 Å². The molecule has 1 aromatic carbocycles. The van der Waals surface area contributed by atoms with Crippen molar-refractivity contribution in [2.45, 2.75) is 31.2 Å². The lowest BCUT2D eigenvalue weighted by Crippen LogP contribution is -2.34. The van der Waals surface area contributed by atoms with Crippen molar-refractivity contribution in [3.63, 3.8) is 0 Å². The quantitative estimate of drug-likeness (QED) is 0.835. The van der Waals surface area contributed by atoms with Gasteiger partial charge < -0.3 is 10.2 Å². The number of nitrogens with one attached hydrogen (secondary N) is 1. The highest BCUT2D eigenvalue weighted by atomic mass is 16.2. The molecule has 5 heteroatoms. The van der Waals surface area contributed by atoms with Crippen molar-refractivity contribution in [3.8, 4) is 0 Å². The number of benzene rings is 1. The van der Waals surface area contributed by atoms with Gasteiger partial charge in [-0.25, -0.2) is 0 Å². The van der Waals surface area contributed by atoms with Crippen LogP contribution in [0.1, 0.15) is 46.7 Å². The van der Waals surface area contributed by atoms with Crippen molar-refractivity contribution in [1.82, 2.24) is 15.2 Å². The molecule has 28 heavy (non-hydrogen) atoms. The van der Waals surface area contributed by atoms with Gasteiger partial charge >= 0.3 is 0 Å². The molecule has 144 valence electrons. The fourth-order valence-electron chi connectivity index (χ4n) is 4.70. The zero-order valence-electron chi connectivity index (χ0n) is 16.0. The Morgan fingerprint density at radius 1 is 1.18 bits per heavy atom. The number of amides is 2. The summed E-state index contributed by atoms with van der Waals surface area (Å²) in [5.74, 6) is 0.830. The Kier molecular flexibility index (Phi) is 5.24. The molecule has 2 aromatic rings. The highest BCUT2D eigenvalue weighted by Gasteiger charge is 2.46. The monoisotopic (exact) mass is 375 g/mol. The van der Waals surface area contributed by atoms with Crippen molar-refractivity contribution in [2.75, 3.05) is 13.6 Å². The van der Waals surface area contributed by atoms with E-state index in [0.29, 0.717) is 23.4 Å². The molecular formula is C23H25N3O2. The summed E-state index contributed by atoms with van der Waals surface area (Å²) in [5.41, 5.74) is 2.57. The number of pyridine rings is 1. The Morgan fingerprint density at radius 2 is 2.00 bits per heavy atom. The van der Waals surface area contributed by atoms with E-state index in [9.17, 15) is 9.59 Å². The van der Waals surface area contributed by atoms with E-state index in [1.165, 1.54) is 24.6 Å². The molecule has 0 radical (unpaired) electrons. The summed E-state index contributed by atoms with van der Waals surface area (Å²) in [5, 5.41) is 2.59. The molecule has 5 nitrogen and oxygen atoms in total. The van der Waals surface area contributed by atoms with E-state index in [-0.39, 0.29) is 11.8 Å². The molecule has 1 saturated carbocycles. The van der Waals surface area contributed by atoms with E-state index >= 15 is 0 Å². The second kappa shape index (κ2) is 7.97. The number of carbonyl (C=O) groups excluding carboxylic acids is 2. The van der Waals surface area contributed by atoms with Gasteiger partial charge in [-0.3, -0.25) is 14.6 Å². The third-order valence-electron chi connectivity index (χ3n) is 6.02. The van der Waals surface area contributed by atoms with Crippen molar-refractivity contribution in [1.29, 1.82) is 0 Å². The predicted octanol–water partition coefficient (Wildman–Crippen LogP) is 3.25. The smallest absolute Gasteiger partial charge is 0.252 e. The van der Waals surface area contributed by atoms with E-state index in [1.54, 1.807) is 31.5 Å². The van der Waals surface area contributed by atoms with E-state index in [0.717, 1.165) is 18.5 Å². The first kappa shape index (κ1) is 18.4. The Hall–Kier alpha value is -2.95. The van der Waals surface area contributed by atoms with Gasteiger partial charge in [-0.05, 0) is 42.0 Å². The van der Waals surface area contributed by atoms with Crippen LogP contribution in [-0.2, 0) is 4.79 Å². The summed E-state index contributed by atoms with van der Waals surface area (Å²) >= 11 is 0. The molecule has 2 heterocycles. The molecular weight excluding hydrogens is 350 g/mol. The first-order valence-electron chi connectivity index (χ1n) is 9.88. The van der Waals surface area contributed by atoms with Gasteiger partial charge in [-0.15, -0.1) is 0 Å². The third-order valence-corrected chi connectivity index (χ3v) is 6.02. The summed E-state index contributed by atoms with van der Waals surface area (Å²) in [6.07, 6.45) is 10.0. The molecule has 2 fully saturated rings. The average Bonchev–Trinajstić information content (AvgIpc) is 3.35. The molecule has 0 spiro atoms. The molecule has 2 amide bonds. The minimum atomic E-state index is -0.187. The van der Waals surface area contributed by atoms with Gasteiger partial charge in [0.2, 0.25) is 5.91 Å². The number of fused-ring (bicyclic) bond motifs is 1. The van der Waals surface area contributed by atoms with E-state index in [2.05, 4.69) is 34.6 Å². The topological polar surface area (TPSA) is 62.3 Å². The summed E-state index contributed by atoms with van der Waals surface area (Å²) in [4.78, 5) is 30.9. The Morgan fingerprint density at radius 3 is 2.79 bits per heavy atom. The van der Waals surface area contributed by atoms with Crippen molar-refractivity contribution >= 4 is 17.9 Å². The first-order valence-corrected chi connectivity index (χ1v) is 9.88. The van der Waals surface area contributed by atoms with Crippen LogP contribution in [0.15, 0.2) is 54.9 Å². The lowest BCUT2D eigenvalue weighted by Gasteiger charge is -2.22. The molecule has 3 unspecified atom stereocenters. The van der Waals surface area contributed by atoms with Gasteiger partial charge in [0.05, 0.1) is 5.56 Å². The zero-order valence-corrected chi connectivity index (χ0v) is 16.0. The van der Waals surface area contributed by atoms with Gasteiger partial charge in [0.1, 0.15) is 0 Å². The molecule has 2 aliphatic rings. The lowest BCUT2D eigenvalue weighted by atomic mass is 9.87. The van der Waals surface area contributed by atoms with Crippen LogP contribution in [0.3, 0.4) is 0 Å². The number of rotatable bonds is 4. The van der Waals surface area contributed by atoms with Crippen molar-refractivity contribution in [2.24, 2.45) is 5.92 Å². The van der Waals surface area contributed by atoms with Crippen LogP contribution < -0.4 is 5.32 Å².